The van der Waals surface area contributed by atoms with Gasteiger partial charge in [-0.1, -0.05) is 42.5 Å². The molecule has 0 aliphatic carbocycles. The number of anilines is 1. The van der Waals surface area contributed by atoms with Gasteiger partial charge in [0.15, 0.2) is 0 Å². The lowest BCUT2D eigenvalue weighted by Crippen LogP contribution is -2.45. The summed E-state index contributed by atoms with van der Waals surface area (Å²) in [5.74, 6) is 0.868. The third-order valence-corrected chi connectivity index (χ3v) is 4.94. The molecule has 1 heterocycles. The van der Waals surface area contributed by atoms with Crippen molar-refractivity contribution in [3.05, 3.63) is 60.2 Å². The Hall–Kier alpha value is -2.08. The van der Waals surface area contributed by atoms with Crippen LogP contribution in [-0.4, -0.2) is 50.1 Å². The van der Waals surface area contributed by atoms with Crippen LogP contribution in [0, 0.1) is 0 Å². The number of rotatable bonds is 8. The maximum atomic E-state index is 13.1. The minimum absolute atomic E-state index is 0. The SMILES string of the molecule is COc1ccccc1N1CCC(N(CCN)CCc2ccccc2)C1=O.Cl. The van der Waals surface area contributed by atoms with Crippen LogP contribution in [0.15, 0.2) is 54.6 Å². The lowest BCUT2D eigenvalue weighted by atomic mass is 10.1. The number of para-hydroxylation sites is 2. The molecular formula is C21H28ClN3O2. The molecule has 0 bridgehead atoms. The summed E-state index contributed by atoms with van der Waals surface area (Å²) in [6.07, 6.45) is 1.73. The predicted octanol–water partition coefficient (Wildman–Crippen LogP) is 2.73. The van der Waals surface area contributed by atoms with Crippen LogP contribution >= 0.6 is 12.4 Å². The third kappa shape index (κ3) is 5.01. The number of carbonyl (C=O) groups excluding carboxylic acids is 1. The molecule has 0 aromatic heterocycles. The molecule has 1 atom stereocenters. The summed E-state index contributed by atoms with van der Waals surface area (Å²) in [7, 11) is 1.64. The fourth-order valence-corrected chi connectivity index (χ4v) is 3.60. The summed E-state index contributed by atoms with van der Waals surface area (Å²) in [6.45, 7) is 2.81. The van der Waals surface area contributed by atoms with Crippen molar-refractivity contribution in [2.45, 2.75) is 18.9 Å². The maximum absolute atomic E-state index is 13.1. The van der Waals surface area contributed by atoms with Crippen molar-refractivity contribution in [1.29, 1.82) is 0 Å². The van der Waals surface area contributed by atoms with Crippen LogP contribution in [0.25, 0.3) is 0 Å². The summed E-state index contributed by atoms with van der Waals surface area (Å²) in [5.41, 5.74) is 7.94. The highest BCUT2D eigenvalue weighted by Gasteiger charge is 2.37. The molecule has 0 radical (unpaired) electrons. The smallest absolute Gasteiger partial charge is 0.244 e. The normalized spacial score (nSPS) is 16.5. The third-order valence-electron chi connectivity index (χ3n) is 4.94. The highest BCUT2D eigenvalue weighted by Crippen LogP contribution is 2.32. The molecule has 3 rings (SSSR count). The Kier molecular flexibility index (Phi) is 8.10. The second-order valence-corrected chi connectivity index (χ2v) is 6.53. The molecule has 1 fully saturated rings. The van der Waals surface area contributed by atoms with E-state index in [9.17, 15) is 4.79 Å². The van der Waals surface area contributed by atoms with Crippen LogP contribution in [0.4, 0.5) is 5.69 Å². The summed E-state index contributed by atoms with van der Waals surface area (Å²) >= 11 is 0. The molecule has 0 saturated carbocycles. The first-order valence-electron chi connectivity index (χ1n) is 9.17. The number of methoxy groups -OCH3 is 1. The van der Waals surface area contributed by atoms with Crippen molar-refractivity contribution < 1.29 is 9.53 Å². The van der Waals surface area contributed by atoms with Crippen LogP contribution in [0.1, 0.15) is 12.0 Å². The first-order chi connectivity index (χ1) is 12.7. The van der Waals surface area contributed by atoms with E-state index >= 15 is 0 Å². The Morgan fingerprint density at radius 3 is 2.52 bits per heavy atom. The van der Waals surface area contributed by atoms with Crippen LogP contribution in [-0.2, 0) is 11.2 Å². The molecule has 27 heavy (non-hydrogen) atoms. The number of nitrogens with zero attached hydrogens (tertiary/aromatic N) is 2. The lowest BCUT2D eigenvalue weighted by Gasteiger charge is -2.28. The Morgan fingerprint density at radius 1 is 1.11 bits per heavy atom. The largest absolute Gasteiger partial charge is 0.495 e. The molecule has 2 aromatic carbocycles. The predicted molar refractivity (Wildman–Crippen MR) is 112 cm³/mol. The average Bonchev–Trinajstić information content (AvgIpc) is 3.07. The highest BCUT2D eigenvalue weighted by atomic mass is 35.5. The number of amides is 1. The van der Waals surface area contributed by atoms with Gasteiger partial charge in [-0.05, 0) is 30.5 Å². The van der Waals surface area contributed by atoms with Gasteiger partial charge in [-0.3, -0.25) is 9.69 Å². The number of halogens is 1. The number of benzene rings is 2. The average molecular weight is 390 g/mol. The molecule has 1 aliphatic rings. The quantitative estimate of drug-likeness (QED) is 0.754. The number of hydrogen-bond acceptors (Lipinski definition) is 4. The van der Waals surface area contributed by atoms with Crippen LogP contribution in [0.2, 0.25) is 0 Å². The minimum Gasteiger partial charge on any atom is -0.495 e. The standard InChI is InChI=1S/C21H27N3O2.ClH/c1-26-20-10-6-5-9-18(20)24-15-12-19(21(24)25)23(16-13-22)14-11-17-7-3-2-4-8-17;/h2-10,19H,11-16,22H2,1H3;1H. The molecule has 2 aromatic rings. The molecule has 1 unspecified atom stereocenters. The van der Waals surface area contributed by atoms with E-state index in [1.165, 1.54) is 5.56 Å². The van der Waals surface area contributed by atoms with Gasteiger partial charge in [0.2, 0.25) is 5.91 Å². The van der Waals surface area contributed by atoms with Crippen LogP contribution in [0.5, 0.6) is 5.75 Å². The second kappa shape index (κ2) is 10.3. The Morgan fingerprint density at radius 2 is 1.81 bits per heavy atom. The van der Waals surface area contributed by atoms with Gasteiger partial charge < -0.3 is 15.4 Å². The topological polar surface area (TPSA) is 58.8 Å². The fraction of sp³-hybridized carbons (Fsp3) is 0.381. The van der Waals surface area contributed by atoms with Gasteiger partial charge in [0.25, 0.3) is 0 Å². The highest BCUT2D eigenvalue weighted by molar-refractivity contribution is 6.00. The molecular weight excluding hydrogens is 362 g/mol. The summed E-state index contributed by atoms with van der Waals surface area (Å²) in [6, 6.07) is 17.9. The van der Waals surface area contributed by atoms with Crippen molar-refractivity contribution in [2.24, 2.45) is 5.73 Å². The first kappa shape index (κ1) is 21.2. The van der Waals surface area contributed by atoms with Crippen LogP contribution < -0.4 is 15.4 Å². The van der Waals surface area contributed by atoms with E-state index in [2.05, 4.69) is 17.0 Å². The number of carbonyl (C=O) groups is 1. The second-order valence-electron chi connectivity index (χ2n) is 6.53. The van der Waals surface area contributed by atoms with Crippen molar-refractivity contribution in [3.8, 4) is 5.75 Å². The van der Waals surface area contributed by atoms with Gasteiger partial charge in [-0.2, -0.15) is 0 Å². The summed E-state index contributed by atoms with van der Waals surface area (Å²) < 4.78 is 5.43. The van der Waals surface area contributed by atoms with Crippen molar-refractivity contribution in [2.75, 3.05) is 38.2 Å². The monoisotopic (exact) mass is 389 g/mol. The molecule has 1 aliphatic heterocycles. The van der Waals surface area contributed by atoms with Crippen molar-refractivity contribution in [1.82, 2.24) is 4.90 Å². The lowest BCUT2D eigenvalue weighted by molar-refractivity contribution is -0.121. The Labute approximate surface area is 167 Å². The van der Waals surface area contributed by atoms with E-state index in [1.54, 1.807) is 7.11 Å². The Balaban J connectivity index is 0.00000261. The Bertz CT molecular complexity index is 726. The molecule has 1 amide bonds. The van der Waals surface area contributed by atoms with Gasteiger partial charge in [0.1, 0.15) is 5.75 Å². The number of hydrogen-bond donors (Lipinski definition) is 1. The molecule has 0 spiro atoms. The van der Waals surface area contributed by atoms with Gasteiger partial charge in [-0.25, -0.2) is 0 Å². The number of nitrogens with two attached hydrogens (primary N) is 1. The first-order valence-corrected chi connectivity index (χ1v) is 9.17. The molecule has 146 valence electrons. The van der Waals surface area contributed by atoms with E-state index in [0.717, 1.165) is 37.4 Å². The van der Waals surface area contributed by atoms with E-state index in [4.69, 9.17) is 10.5 Å². The van der Waals surface area contributed by atoms with Crippen LogP contribution in [0.3, 0.4) is 0 Å². The van der Waals surface area contributed by atoms with Crippen molar-refractivity contribution >= 4 is 24.0 Å². The van der Waals surface area contributed by atoms with E-state index in [1.807, 2.05) is 47.4 Å². The number of ether oxygens (including phenoxy) is 1. The van der Waals surface area contributed by atoms with E-state index < -0.39 is 0 Å². The van der Waals surface area contributed by atoms with Gasteiger partial charge >= 0.3 is 0 Å². The fourth-order valence-electron chi connectivity index (χ4n) is 3.60. The van der Waals surface area contributed by atoms with Gasteiger partial charge in [0, 0.05) is 26.2 Å². The zero-order valence-electron chi connectivity index (χ0n) is 15.7. The van der Waals surface area contributed by atoms with Crippen molar-refractivity contribution in [3.63, 3.8) is 0 Å². The van der Waals surface area contributed by atoms with E-state index in [-0.39, 0.29) is 24.4 Å². The van der Waals surface area contributed by atoms with E-state index in [0.29, 0.717) is 13.1 Å². The molecule has 2 N–H and O–H groups in total. The maximum Gasteiger partial charge on any atom is 0.244 e. The minimum atomic E-state index is -0.118. The molecule has 1 saturated heterocycles. The zero-order chi connectivity index (χ0) is 18.4. The zero-order valence-corrected chi connectivity index (χ0v) is 16.5. The molecule has 5 nitrogen and oxygen atoms in total. The van der Waals surface area contributed by atoms with Gasteiger partial charge in [-0.15, -0.1) is 12.4 Å². The van der Waals surface area contributed by atoms with Gasteiger partial charge in [0.05, 0.1) is 18.8 Å². The molecule has 6 heteroatoms. The summed E-state index contributed by atoms with van der Waals surface area (Å²) in [5, 5.41) is 0. The summed E-state index contributed by atoms with van der Waals surface area (Å²) in [4.78, 5) is 17.2.